The second kappa shape index (κ2) is 3.88. The summed E-state index contributed by atoms with van der Waals surface area (Å²) in [5, 5.41) is 11.5. The van der Waals surface area contributed by atoms with E-state index in [2.05, 4.69) is 4.90 Å². The second-order valence-corrected chi connectivity index (χ2v) is 5.26. The lowest BCUT2D eigenvalue weighted by molar-refractivity contribution is -0.384. The molecule has 4 nitrogen and oxygen atoms in total. The molecule has 1 aromatic carbocycles. The van der Waals surface area contributed by atoms with E-state index < -0.39 is 0 Å². The van der Waals surface area contributed by atoms with Gasteiger partial charge in [0.1, 0.15) is 5.69 Å². The molecule has 1 aliphatic heterocycles. The minimum absolute atomic E-state index is 0.130. The molecule has 2 unspecified atom stereocenters. The van der Waals surface area contributed by atoms with Crippen LogP contribution in [0.4, 0.5) is 11.4 Å². The van der Waals surface area contributed by atoms with Gasteiger partial charge in [0.15, 0.2) is 0 Å². The monoisotopic (exact) mass is 252 g/mol. The van der Waals surface area contributed by atoms with Crippen LogP contribution in [-0.4, -0.2) is 17.5 Å². The molecule has 1 aromatic rings. The Hall–Kier alpha value is -1.29. The van der Waals surface area contributed by atoms with Crippen LogP contribution < -0.4 is 4.90 Å². The molecule has 1 saturated heterocycles. The first-order valence-electron chi connectivity index (χ1n) is 5.86. The summed E-state index contributed by atoms with van der Waals surface area (Å²) in [5.74, 6) is 0.691. The number of rotatable bonds is 2. The van der Waals surface area contributed by atoms with Crippen LogP contribution >= 0.6 is 11.6 Å². The number of anilines is 1. The fourth-order valence-corrected chi connectivity index (χ4v) is 3.41. The molecule has 90 valence electrons. The van der Waals surface area contributed by atoms with Crippen LogP contribution in [0, 0.1) is 16.0 Å². The van der Waals surface area contributed by atoms with Crippen molar-refractivity contribution in [1.82, 2.24) is 0 Å². The predicted octanol–water partition coefficient (Wildman–Crippen LogP) is 3.24. The maximum absolute atomic E-state index is 11.1. The Labute approximate surface area is 104 Å². The fraction of sp³-hybridized carbons (Fsp3) is 0.500. The molecule has 2 bridgehead atoms. The number of hydrogen-bond donors (Lipinski definition) is 0. The van der Waals surface area contributed by atoms with E-state index in [1.807, 2.05) is 0 Å². The zero-order chi connectivity index (χ0) is 12.0. The molecule has 2 atom stereocenters. The van der Waals surface area contributed by atoms with Gasteiger partial charge in [0.2, 0.25) is 0 Å². The van der Waals surface area contributed by atoms with Crippen LogP contribution in [0.1, 0.15) is 19.3 Å². The van der Waals surface area contributed by atoms with E-state index in [9.17, 15) is 10.1 Å². The highest BCUT2D eigenvalue weighted by molar-refractivity contribution is 6.33. The number of nitro benzene ring substituents is 1. The predicted molar refractivity (Wildman–Crippen MR) is 66.6 cm³/mol. The third-order valence-electron chi connectivity index (χ3n) is 3.86. The first-order valence-corrected chi connectivity index (χ1v) is 6.24. The minimum Gasteiger partial charge on any atom is -0.361 e. The lowest BCUT2D eigenvalue weighted by Gasteiger charge is -2.29. The maximum Gasteiger partial charge on any atom is 0.294 e. The third kappa shape index (κ3) is 1.67. The van der Waals surface area contributed by atoms with Gasteiger partial charge in [-0.2, -0.15) is 0 Å². The lowest BCUT2D eigenvalue weighted by atomic mass is 10.1. The Bertz CT molecular complexity index is 478. The Kier molecular flexibility index (Phi) is 2.47. The summed E-state index contributed by atoms with van der Waals surface area (Å²) in [7, 11) is 0. The highest BCUT2D eigenvalue weighted by Gasteiger charge is 2.40. The van der Waals surface area contributed by atoms with Crippen LogP contribution in [-0.2, 0) is 0 Å². The average molecular weight is 253 g/mol. The zero-order valence-corrected chi connectivity index (χ0v) is 10.1. The van der Waals surface area contributed by atoms with Gasteiger partial charge in [0.05, 0.1) is 9.95 Å². The van der Waals surface area contributed by atoms with Crippen molar-refractivity contribution >= 4 is 23.0 Å². The summed E-state index contributed by atoms with van der Waals surface area (Å²) in [4.78, 5) is 12.9. The van der Waals surface area contributed by atoms with Crippen LogP contribution in [0.25, 0.3) is 0 Å². The molecular weight excluding hydrogens is 240 g/mol. The molecule has 0 spiro atoms. The summed E-state index contributed by atoms with van der Waals surface area (Å²) in [6.45, 7) is 0.912. The molecular formula is C12H13ClN2O2. The first-order chi connectivity index (χ1) is 8.16. The molecule has 1 heterocycles. The van der Waals surface area contributed by atoms with Gasteiger partial charge in [0.25, 0.3) is 5.69 Å². The number of para-hydroxylation sites is 1. The number of benzene rings is 1. The van der Waals surface area contributed by atoms with Crippen LogP contribution in [0.5, 0.6) is 0 Å². The maximum atomic E-state index is 11.1. The van der Waals surface area contributed by atoms with Gasteiger partial charge in [-0.15, -0.1) is 0 Å². The summed E-state index contributed by atoms with van der Waals surface area (Å²) in [6.07, 6.45) is 3.54. The molecule has 0 amide bonds. The zero-order valence-electron chi connectivity index (χ0n) is 9.30. The number of hydrogen-bond acceptors (Lipinski definition) is 3. The average Bonchev–Trinajstić information content (AvgIpc) is 2.90. The van der Waals surface area contributed by atoms with E-state index in [-0.39, 0.29) is 10.6 Å². The van der Waals surface area contributed by atoms with Crippen molar-refractivity contribution in [1.29, 1.82) is 0 Å². The van der Waals surface area contributed by atoms with Crippen LogP contribution in [0.15, 0.2) is 18.2 Å². The van der Waals surface area contributed by atoms with Crippen molar-refractivity contribution in [2.24, 2.45) is 5.92 Å². The Morgan fingerprint density at radius 2 is 2.24 bits per heavy atom. The number of nitrogens with zero attached hydrogens (tertiary/aromatic N) is 2. The Morgan fingerprint density at radius 1 is 1.41 bits per heavy atom. The van der Waals surface area contributed by atoms with Crippen LogP contribution in [0.3, 0.4) is 0 Å². The smallest absolute Gasteiger partial charge is 0.294 e. The van der Waals surface area contributed by atoms with Gasteiger partial charge < -0.3 is 4.90 Å². The van der Waals surface area contributed by atoms with Crippen molar-refractivity contribution < 1.29 is 4.92 Å². The minimum atomic E-state index is -0.340. The Morgan fingerprint density at radius 3 is 2.82 bits per heavy atom. The highest BCUT2D eigenvalue weighted by Crippen LogP contribution is 2.45. The van der Waals surface area contributed by atoms with E-state index in [1.165, 1.54) is 12.5 Å². The SMILES string of the molecule is O=[N+]([O-])c1cccc(Cl)c1N1CC2CCC1C2. The van der Waals surface area contributed by atoms with Crippen molar-refractivity contribution in [2.75, 3.05) is 11.4 Å². The topological polar surface area (TPSA) is 46.4 Å². The summed E-state index contributed by atoms with van der Waals surface area (Å²) < 4.78 is 0. The molecule has 17 heavy (non-hydrogen) atoms. The van der Waals surface area contributed by atoms with E-state index in [4.69, 9.17) is 11.6 Å². The molecule has 2 aliphatic rings. The van der Waals surface area contributed by atoms with Crippen molar-refractivity contribution in [3.05, 3.63) is 33.3 Å². The molecule has 0 radical (unpaired) electrons. The Balaban J connectivity index is 2.05. The fourth-order valence-electron chi connectivity index (χ4n) is 3.13. The van der Waals surface area contributed by atoms with Gasteiger partial charge in [-0.05, 0) is 31.2 Å². The number of halogens is 1. The number of nitro groups is 1. The van der Waals surface area contributed by atoms with E-state index in [0.29, 0.717) is 22.7 Å². The van der Waals surface area contributed by atoms with Gasteiger partial charge in [-0.1, -0.05) is 17.7 Å². The molecule has 1 aliphatic carbocycles. The molecule has 0 N–H and O–H groups in total. The van der Waals surface area contributed by atoms with Gasteiger partial charge >= 0.3 is 0 Å². The van der Waals surface area contributed by atoms with Gasteiger partial charge in [0, 0.05) is 18.7 Å². The quantitative estimate of drug-likeness (QED) is 0.600. The van der Waals surface area contributed by atoms with Crippen molar-refractivity contribution in [2.45, 2.75) is 25.3 Å². The van der Waals surface area contributed by atoms with Crippen molar-refractivity contribution in [3.8, 4) is 0 Å². The highest BCUT2D eigenvalue weighted by atomic mass is 35.5. The van der Waals surface area contributed by atoms with E-state index >= 15 is 0 Å². The van der Waals surface area contributed by atoms with Crippen LogP contribution in [0.2, 0.25) is 5.02 Å². The summed E-state index contributed by atoms with van der Waals surface area (Å²) >= 11 is 6.14. The van der Waals surface area contributed by atoms with Gasteiger partial charge in [-0.25, -0.2) is 0 Å². The third-order valence-corrected chi connectivity index (χ3v) is 4.16. The summed E-state index contributed by atoms with van der Waals surface area (Å²) in [5.41, 5.74) is 0.747. The molecule has 3 rings (SSSR count). The number of fused-ring (bicyclic) bond motifs is 2. The molecule has 2 fully saturated rings. The largest absolute Gasteiger partial charge is 0.361 e. The molecule has 0 aromatic heterocycles. The van der Waals surface area contributed by atoms with E-state index in [1.54, 1.807) is 12.1 Å². The van der Waals surface area contributed by atoms with Crippen molar-refractivity contribution in [3.63, 3.8) is 0 Å². The first kappa shape index (κ1) is 10.8. The number of piperidine rings is 1. The lowest BCUT2D eigenvalue weighted by Crippen LogP contribution is -2.32. The molecule has 5 heteroatoms. The normalized spacial score (nSPS) is 26.5. The molecule has 1 saturated carbocycles. The second-order valence-electron chi connectivity index (χ2n) is 4.85. The standard InChI is InChI=1S/C12H13ClN2O2/c13-10-2-1-3-11(15(16)17)12(10)14-7-8-4-5-9(14)6-8/h1-3,8-9H,4-7H2. The summed E-state index contributed by atoms with van der Waals surface area (Å²) in [6, 6.07) is 5.35. The van der Waals surface area contributed by atoms with E-state index in [0.717, 1.165) is 19.4 Å². The van der Waals surface area contributed by atoms with Gasteiger partial charge in [-0.3, -0.25) is 10.1 Å².